The lowest BCUT2D eigenvalue weighted by atomic mass is 10.1. The van der Waals surface area contributed by atoms with Crippen molar-refractivity contribution in [2.75, 3.05) is 37.7 Å². The van der Waals surface area contributed by atoms with Crippen molar-refractivity contribution in [3.63, 3.8) is 0 Å². The van der Waals surface area contributed by atoms with Gasteiger partial charge in [0.15, 0.2) is 12.4 Å². The van der Waals surface area contributed by atoms with E-state index in [4.69, 9.17) is 9.15 Å². The van der Waals surface area contributed by atoms with Gasteiger partial charge in [-0.05, 0) is 24.3 Å². The summed E-state index contributed by atoms with van der Waals surface area (Å²) in [6.45, 7) is 3.49. The number of hydrogen-bond acceptors (Lipinski definition) is 6. The molecule has 1 aliphatic rings. The Hall–Kier alpha value is -3.45. The molecular formula is C24H23FN2O4. The summed E-state index contributed by atoms with van der Waals surface area (Å²) in [5.41, 5.74) is 1.22. The van der Waals surface area contributed by atoms with Gasteiger partial charge in [-0.3, -0.25) is 14.5 Å². The zero-order valence-corrected chi connectivity index (χ0v) is 17.0. The minimum absolute atomic E-state index is 0.0224. The van der Waals surface area contributed by atoms with Crippen molar-refractivity contribution in [2.24, 2.45) is 0 Å². The highest BCUT2D eigenvalue weighted by Crippen LogP contribution is 2.18. The molecule has 1 saturated heterocycles. The molecule has 0 aliphatic carbocycles. The van der Waals surface area contributed by atoms with Crippen molar-refractivity contribution in [3.8, 4) is 5.75 Å². The van der Waals surface area contributed by atoms with E-state index in [0.29, 0.717) is 17.9 Å². The summed E-state index contributed by atoms with van der Waals surface area (Å²) in [7, 11) is 0. The summed E-state index contributed by atoms with van der Waals surface area (Å²) in [6.07, 6.45) is 1.27. The highest BCUT2D eigenvalue weighted by atomic mass is 19.1. The quantitative estimate of drug-likeness (QED) is 0.544. The number of piperazine rings is 1. The maximum Gasteiger partial charge on any atom is 0.227 e. The molecule has 0 unspecified atom stereocenters. The summed E-state index contributed by atoms with van der Waals surface area (Å²) in [6, 6.07) is 16.7. The number of ketones is 1. The number of carbonyl (C=O) groups excluding carboxylic acids is 1. The van der Waals surface area contributed by atoms with E-state index in [1.807, 2.05) is 6.07 Å². The maximum absolute atomic E-state index is 13.1. The lowest BCUT2D eigenvalue weighted by Crippen LogP contribution is -2.46. The van der Waals surface area contributed by atoms with Crippen molar-refractivity contribution in [1.82, 2.24) is 4.90 Å². The van der Waals surface area contributed by atoms with Gasteiger partial charge in [0, 0.05) is 43.5 Å². The number of carbonyl (C=O) groups is 1. The van der Waals surface area contributed by atoms with Gasteiger partial charge in [-0.15, -0.1) is 0 Å². The van der Waals surface area contributed by atoms with Gasteiger partial charge in [0.05, 0.1) is 6.54 Å². The third-order valence-corrected chi connectivity index (χ3v) is 5.25. The van der Waals surface area contributed by atoms with Crippen molar-refractivity contribution >= 4 is 11.5 Å². The molecule has 2 heterocycles. The minimum Gasteiger partial charge on any atom is -0.478 e. The second-order valence-electron chi connectivity index (χ2n) is 7.39. The summed E-state index contributed by atoms with van der Waals surface area (Å²) < 4.78 is 24.0. The molecule has 0 atom stereocenters. The Morgan fingerprint density at radius 1 is 1.00 bits per heavy atom. The fourth-order valence-corrected chi connectivity index (χ4v) is 3.51. The van der Waals surface area contributed by atoms with Crippen LogP contribution in [0.5, 0.6) is 5.75 Å². The van der Waals surface area contributed by atoms with Crippen molar-refractivity contribution in [3.05, 3.63) is 94.3 Å². The van der Waals surface area contributed by atoms with E-state index in [-0.39, 0.29) is 29.4 Å². The molecule has 4 rings (SSSR count). The van der Waals surface area contributed by atoms with E-state index >= 15 is 0 Å². The standard InChI is InChI=1S/C24H23FN2O4/c25-19-6-8-20(9-7-19)27-12-10-26(11-13-27)15-21-14-22(28)24(17-30-21)31-16-23(29)18-4-2-1-3-5-18/h1-9,14,17H,10-13,15-16H2. The maximum atomic E-state index is 13.1. The average molecular weight is 422 g/mol. The largest absolute Gasteiger partial charge is 0.478 e. The normalized spacial score (nSPS) is 14.4. The Bertz CT molecular complexity index is 1070. The molecule has 1 aromatic heterocycles. The van der Waals surface area contributed by atoms with Crippen LogP contribution in [0.25, 0.3) is 0 Å². The number of rotatable bonds is 7. The van der Waals surface area contributed by atoms with E-state index < -0.39 is 0 Å². The molecule has 2 aromatic carbocycles. The first-order valence-electron chi connectivity index (χ1n) is 10.1. The Labute approximate surface area is 179 Å². The highest BCUT2D eigenvalue weighted by molar-refractivity contribution is 5.97. The van der Waals surface area contributed by atoms with Crippen LogP contribution in [0.1, 0.15) is 16.1 Å². The molecule has 1 fully saturated rings. The molecule has 0 bridgehead atoms. The van der Waals surface area contributed by atoms with Gasteiger partial charge in [-0.25, -0.2) is 4.39 Å². The number of anilines is 1. The zero-order valence-electron chi connectivity index (χ0n) is 17.0. The second kappa shape index (κ2) is 9.57. The first-order chi connectivity index (χ1) is 15.1. The molecule has 3 aromatic rings. The van der Waals surface area contributed by atoms with Crippen LogP contribution in [0.3, 0.4) is 0 Å². The Morgan fingerprint density at radius 3 is 2.39 bits per heavy atom. The SMILES string of the molecule is O=C(COc1coc(CN2CCN(c3ccc(F)cc3)CC2)cc1=O)c1ccccc1. The highest BCUT2D eigenvalue weighted by Gasteiger charge is 2.19. The lowest BCUT2D eigenvalue weighted by Gasteiger charge is -2.35. The lowest BCUT2D eigenvalue weighted by molar-refractivity contribution is 0.0919. The van der Waals surface area contributed by atoms with Crippen molar-refractivity contribution in [2.45, 2.75) is 6.54 Å². The van der Waals surface area contributed by atoms with Crippen LogP contribution in [-0.2, 0) is 6.54 Å². The van der Waals surface area contributed by atoms with Crippen LogP contribution in [0.2, 0.25) is 0 Å². The van der Waals surface area contributed by atoms with Crippen molar-refractivity contribution < 1.29 is 18.3 Å². The van der Waals surface area contributed by atoms with Gasteiger partial charge < -0.3 is 14.1 Å². The number of halogens is 1. The summed E-state index contributed by atoms with van der Waals surface area (Å²) >= 11 is 0. The number of benzene rings is 2. The van der Waals surface area contributed by atoms with Gasteiger partial charge in [0.25, 0.3) is 0 Å². The third-order valence-electron chi connectivity index (χ3n) is 5.25. The van der Waals surface area contributed by atoms with Crippen molar-refractivity contribution in [1.29, 1.82) is 0 Å². The van der Waals surface area contributed by atoms with E-state index in [1.165, 1.54) is 24.5 Å². The molecule has 0 radical (unpaired) electrons. The smallest absolute Gasteiger partial charge is 0.227 e. The summed E-state index contributed by atoms with van der Waals surface area (Å²) in [5.74, 6) is 0.119. The summed E-state index contributed by atoms with van der Waals surface area (Å²) in [4.78, 5) is 28.9. The molecular weight excluding hydrogens is 399 g/mol. The predicted octanol–water partition coefficient (Wildman–Crippen LogP) is 3.36. The molecule has 6 nitrogen and oxygen atoms in total. The molecule has 0 spiro atoms. The van der Waals surface area contributed by atoms with E-state index in [0.717, 1.165) is 31.9 Å². The van der Waals surface area contributed by atoms with Crippen LogP contribution in [-0.4, -0.2) is 43.5 Å². The van der Waals surface area contributed by atoms with E-state index in [2.05, 4.69) is 9.80 Å². The van der Waals surface area contributed by atoms with Gasteiger partial charge in [0.1, 0.15) is 17.8 Å². The van der Waals surface area contributed by atoms with Crippen LogP contribution in [0, 0.1) is 5.82 Å². The number of hydrogen-bond donors (Lipinski definition) is 0. The second-order valence-corrected chi connectivity index (χ2v) is 7.39. The number of ether oxygens (including phenoxy) is 1. The van der Waals surface area contributed by atoms with Crippen LogP contribution in [0.4, 0.5) is 10.1 Å². The molecule has 0 N–H and O–H groups in total. The van der Waals surface area contributed by atoms with Crippen LogP contribution < -0.4 is 15.1 Å². The molecule has 0 amide bonds. The van der Waals surface area contributed by atoms with Gasteiger partial charge in [-0.2, -0.15) is 0 Å². The topological polar surface area (TPSA) is 63.0 Å². The zero-order chi connectivity index (χ0) is 21.6. The third kappa shape index (κ3) is 5.38. The molecule has 0 saturated carbocycles. The molecule has 31 heavy (non-hydrogen) atoms. The Kier molecular flexibility index (Phi) is 6.43. The van der Waals surface area contributed by atoms with E-state index in [1.54, 1.807) is 36.4 Å². The van der Waals surface area contributed by atoms with Crippen LogP contribution >= 0.6 is 0 Å². The molecule has 1 aliphatic heterocycles. The van der Waals surface area contributed by atoms with Gasteiger partial charge >= 0.3 is 0 Å². The van der Waals surface area contributed by atoms with E-state index in [9.17, 15) is 14.0 Å². The Balaban J connectivity index is 1.29. The molecule has 160 valence electrons. The first kappa shape index (κ1) is 20.8. The minimum atomic E-state index is -0.313. The average Bonchev–Trinajstić information content (AvgIpc) is 2.80. The number of nitrogens with zero attached hydrogens (tertiary/aromatic N) is 2. The first-order valence-corrected chi connectivity index (χ1v) is 10.1. The Morgan fingerprint density at radius 2 is 1.71 bits per heavy atom. The fourth-order valence-electron chi connectivity index (χ4n) is 3.51. The number of Topliss-reactive ketones (excluding diaryl/α,β-unsaturated/α-hetero) is 1. The fraction of sp³-hybridized carbons (Fsp3) is 0.250. The van der Waals surface area contributed by atoms with Gasteiger partial charge in [-0.1, -0.05) is 30.3 Å². The van der Waals surface area contributed by atoms with Crippen LogP contribution in [0.15, 0.2) is 76.1 Å². The summed E-state index contributed by atoms with van der Waals surface area (Å²) in [5, 5.41) is 0. The van der Waals surface area contributed by atoms with Gasteiger partial charge in [0.2, 0.25) is 11.2 Å². The monoisotopic (exact) mass is 422 g/mol. The molecule has 7 heteroatoms. The predicted molar refractivity (Wildman–Crippen MR) is 115 cm³/mol.